The molecule has 1 aromatic carbocycles. The van der Waals surface area contributed by atoms with Crippen molar-refractivity contribution in [3.8, 4) is 0 Å². The lowest BCUT2D eigenvalue weighted by Gasteiger charge is -2.37. The number of sulfone groups is 1. The first kappa shape index (κ1) is 14.4. The minimum atomic E-state index is -3.70. The second-order valence-electron chi connectivity index (χ2n) is 5.44. The van der Waals surface area contributed by atoms with Crippen LogP contribution < -0.4 is 0 Å². The number of hydrogen-bond acceptors (Lipinski definition) is 5. The minimum absolute atomic E-state index is 0.100. The molecule has 0 aromatic heterocycles. The van der Waals surface area contributed by atoms with Gasteiger partial charge in [0, 0.05) is 0 Å². The van der Waals surface area contributed by atoms with Crippen molar-refractivity contribution in [3.63, 3.8) is 0 Å². The third kappa shape index (κ3) is 2.21. The Morgan fingerprint density at radius 1 is 1.33 bits per heavy atom. The Hall–Kier alpha value is -1.56. The summed E-state index contributed by atoms with van der Waals surface area (Å²) in [7, 11) is -3.70. The fourth-order valence-electron chi connectivity index (χ4n) is 2.66. The molecule has 112 valence electrons. The van der Waals surface area contributed by atoms with Crippen LogP contribution in [0.25, 0.3) is 0 Å². The number of benzene rings is 1. The smallest absolute Gasteiger partial charge is 0.235 e. The Morgan fingerprint density at radius 2 is 2.05 bits per heavy atom. The summed E-state index contributed by atoms with van der Waals surface area (Å²) in [6, 6.07) is 3.97. The van der Waals surface area contributed by atoms with Crippen molar-refractivity contribution in [3.05, 3.63) is 29.6 Å². The first-order valence-corrected chi connectivity index (χ1v) is 8.25. The van der Waals surface area contributed by atoms with Gasteiger partial charge in [-0.15, -0.1) is 0 Å². The van der Waals surface area contributed by atoms with Crippen molar-refractivity contribution in [1.82, 2.24) is 0 Å². The zero-order valence-electron chi connectivity index (χ0n) is 11.2. The van der Waals surface area contributed by atoms with E-state index in [1.165, 1.54) is 24.3 Å². The average molecular weight is 311 g/mol. The molecule has 2 fully saturated rings. The number of nitrogens with zero attached hydrogens (tertiary/aromatic N) is 1. The molecule has 0 bridgehead atoms. The Kier molecular flexibility index (Phi) is 3.43. The molecule has 1 aromatic rings. The number of aliphatic imine (C=N–C) groups is 1. The summed E-state index contributed by atoms with van der Waals surface area (Å²) in [5, 5.41) is -0.677. The quantitative estimate of drug-likeness (QED) is 0.627. The lowest BCUT2D eigenvalue weighted by Crippen LogP contribution is -2.41. The van der Waals surface area contributed by atoms with Crippen molar-refractivity contribution >= 4 is 15.9 Å². The van der Waals surface area contributed by atoms with E-state index >= 15 is 0 Å². The average Bonchev–Trinajstić information content (AvgIpc) is 2.30. The molecule has 1 heterocycles. The molecular weight excluding hydrogens is 297 g/mol. The maximum Gasteiger partial charge on any atom is 0.235 e. The maximum atomic E-state index is 14.2. The molecule has 0 unspecified atom stereocenters. The van der Waals surface area contributed by atoms with Gasteiger partial charge in [-0.3, -0.25) is 0 Å². The predicted molar refractivity (Wildman–Crippen MR) is 71.8 cm³/mol. The highest BCUT2D eigenvalue weighted by Crippen LogP contribution is 2.45. The summed E-state index contributed by atoms with van der Waals surface area (Å²) in [5.74, 6) is -0.799. The largest absolute Gasteiger partial charge is 0.379 e. The number of rotatable bonds is 4. The number of ether oxygens (including phenoxy) is 1. The van der Waals surface area contributed by atoms with Crippen LogP contribution in [0.2, 0.25) is 0 Å². The van der Waals surface area contributed by atoms with Crippen LogP contribution in [0.5, 0.6) is 0 Å². The van der Waals surface area contributed by atoms with Gasteiger partial charge in [-0.25, -0.2) is 17.6 Å². The fourth-order valence-corrected chi connectivity index (χ4v) is 4.16. The molecule has 21 heavy (non-hydrogen) atoms. The van der Waals surface area contributed by atoms with Crippen LogP contribution in [0.1, 0.15) is 24.8 Å². The van der Waals surface area contributed by atoms with Gasteiger partial charge in [0.1, 0.15) is 16.0 Å². The Morgan fingerprint density at radius 3 is 2.48 bits per heavy atom. The van der Waals surface area contributed by atoms with E-state index < -0.39 is 26.4 Å². The van der Waals surface area contributed by atoms with Crippen LogP contribution in [0.15, 0.2) is 28.1 Å². The van der Waals surface area contributed by atoms with Gasteiger partial charge in [0.2, 0.25) is 6.08 Å². The fraction of sp³-hybridized carbons (Fsp3) is 0.500. The number of isocyanates is 1. The summed E-state index contributed by atoms with van der Waals surface area (Å²) in [5.41, 5.74) is -0.205. The van der Waals surface area contributed by atoms with Crippen LogP contribution in [0, 0.1) is 5.82 Å². The first-order chi connectivity index (χ1) is 9.99. The van der Waals surface area contributed by atoms with E-state index in [2.05, 4.69) is 4.99 Å². The normalized spacial score (nSPS) is 21.0. The van der Waals surface area contributed by atoms with Gasteiger partial charge in [-0.1, -0.05) is 6.07 Å². The molecule has 5 nitrogen and oxygen atoms in total. The van der Waals surface area contributed by atoms with Crippen molar-refractivity contribution in [2.24, 2.45) is 4.99 Å². The highest BCUT2D eigenvalue weighted by Gasteiger charge is 2.41. The van der Waals surface area contributed by atoms with Crippen LogP contribution in [0.4, 0.5) is 4.39 Å². The molecule has 7 heteroatoms. The van der Waals surface area contributed by atoms with E-state index in [9.17, 15) is 17.6 Å². The van der Waals surface area contributed by atoms with Crippen molar-refractivity contribution in [1.29, 1.82) is 0 Å². The summed E-state index contributed by atoms with van der Waals surface area (Å²) in [6.45, 7) is 0.200. The molecule has 0 atom stereocenters. The molecular formula is C14H14FNO4S. The molecule has 1 aliphatic carbocycles. The molecule has 2 aliphatic rings. The second-order valence-corrected chi connectivity index (χ2v) is 7.63. The van der Waals surface area contributed by atoms with E-state index in [-0.39, 0.29) is 18.1 Å². The third-order valence-electron chi connectivity index (χ3n) is 4.26. The van der Waals surface area contributed by atoms with Gasteiger partial charge in [-0.2, -0.15) is 4.99 Å². The Bertz CT molecular complexity index is 716. The summed E-state index contributed by atoms with van der Waals surface area (Å²) >= 11 is 0. The zero-order valence-corrected chi connectivity index (χ0v) is 12.0. The third-order valence-corrected chi connectivity index (χ3v) is 6.36. The van der Waals surface area contributed by atoms with E-state index in [1.54, 1.807) is 0 Å². The van der Waals surface area contributed by atoms with Gasteiger partial charge in [0.25, 0.3) is 0 Å². The van der Waals surface area contributed by atoms with Crippen LogP contribution in [-0.4, -0.2) is 33.0 Å². The highest BCUT2D eigenvalue weighted by atomic mass is 32.2. The number of hydrogen-bond donors (Lipinski definition) is 0. The van der Waals surface area contributed by atoms with Crippen LogP contribution >= 0.6 is 0 Å². The highest BCUT2D eigenvalue weighted by molar-refractivity contribution is 7.92. The summed E-state index contributed by atoms with van der Waals surface area (Å²) < 4.78 is 43.5. The summed E-state index contributed by atoms with van der Waals surface area (Å²) in [4.78, 5) is 14.0. The molecule has 1 saturated carbocycles. The van der Waals surface area contributed by atoms with Gasteiger partial charge >= 0.3 is 0 Å². The van der Waals surface area contributed by atoms with Gasteiger partial charge < -0.3 is 4.74 Å². The Labute approximate surface area is 121 Å². The van der Waals surface area contributed by atoms with Crippen molar-refractivity contribution in [2.75, 3.05) is 13.2 Å². The monoisotopic (exact) mass is 311 g/mol. The minimum Gasteiger partial charge on any atom is -0.379 e. The predicted octanol–water partition coefficient (Wildman–Crippen LogP) is 1.71. The van der Waals surface area contributed by atoms with Crippen LogP contribution in [0.3, 0.4) is 0 Å². The standard InChI is InChI=1S/C14H14FNO4S/c15-12-6-10(14(16-9-17)4-1-5-14)2-3-13(12)21(18,19)11-7-20-8-11/h2-3,6,11H,1,4-5,7-8H2. The molecule has 1 saturated heterocycles. The molecule has 0 N–H and O–H groups in total. The van der Waals surface area contributed by atoms with E-state index in [4.69, 9.17) is 4.74 Å². The van der Waals surface area contributed by atoms with Gasteiger partial charge in [0.15, 0.2) is 9.84 Å². The Balaban J connectivity index is 1.99. The zero-order chi connectivity index (χ0) is 15.1. The molecule has 0 radical (unpaired) electrons. The first-order valence-electron chi connectivity index (χ1n) is 6.70. The molecule has 3 rings (SSSR count). The molecule has 1 aliphatic heterocycles. The van der Waals surface area contributed by atoms with Crippen molar-refractivity contribution in [2.45, 2.75) is 34.9 Å². The van der Waals surface area contributed by atoms with Gasteiger partial charge in [0.05, 0.1) is 18.8 Å². The van der Waals surface area contributed by atoms with Crippen molar-refractivity contribution < 1.29 is 22.3 Å². The topological polar surface area (TPSA) is 72.8 Å². The van der Waals surface area contributed by atoms with Gasteiger partial charge in [-0.05, 0) is 37.0 Å². The summed E-state index contributed by atoms with van der Waals surface area (Å²) in [6.07, 6.45) is 3.71. The van der Waals surface area contributed by atoms with Crippen LogP contribution in [-0.2, 0) is 24.9 Å². The lowest BCUT2D eigenvalue weighted by atomic mass is 9.72. The second kappa shape index (κ2) is 5.02. The molecule has 0 spiro atoms. The number of carbonyl (C=O) groups excluding carboxylic acids is 1. The SMILES string of the molecule is O=C=NC1(c2ccc(S(=O)(=O)C3COC3)c(F)c2)CCC1. The molecule has 0 amide bonds. The van der Waals surface area contributed by atoms with E-state index in [0.717, 1.165) is 6.42 Å². The van der Waals surface area contributed by atoms with E-state index in [0.29, 0.717) is 18.4 Å². The lowest BCUT2D eigenvalue weighted by molar-refractivity contribution is 0.0415. The maximum absolute atomic E-state index is 14.2. The number of halogens is 1. The van der Waals surface area contributed by atoms with E-state index in [1.807, 2.05) is 0 Å².